The summed E-state index contributed by atoms with van der Waals surface area (Å²) in [4.78, 5) is 35.3. The van der Waals surface area contributed by atoms with Crippen LogP contribution in [0.15, 0.2) is 12.2 Å². The topological polar surface area (TPSA) is 102 Å². The highest BCUT2D eigenvalue weighted by Gasteiger charge is 2.00. The van der Waals surface area contributed by atoms with Crippen molar-refractivity contribution in [1.29, 1.82) is 0 Å². The minimum Gasteiger partial charge on any atom is -0.480 e. The summed E-state index contributed by atoms with van der Waals surface area (Å²) >= 11 is 0. The summed E-state index contributed by atoms with van der Waals surface area (Å²) in [6.07, 6.45) is 1.66. The molecule has 0 aromatic rings. The Labute approximate surface area is 79.2 Å². The van der Waals surface area contributed by atoms with Crippen LogP contribution in [0, 0.1) is 0 Å². The van der Waals surface area contributed by atoms with Gasteiger partial charge in [-0.25, -0.2) is 9.59 Å². The zero-order valence-corrected chi connectivity index (χ0v) is 7.35. The van der Waals surface area contributed by atoms with E-state index in [9.17, 15) is 14.4 Å². The van der Waals surface area contributed by atoms with Crippen LogP contribution in [0.2, 0.25) is 0 Å². The van der Waals surface area contributed by atoms with E-state index in [2.05, 4.69) is 9.57 Å². The lowest BCUT2D eigenvalue weighted by molar-refractivity contribution is -0.149. The Morgan fingerprint density at radius 3 is 2.36 bits per heavy atom. The van der Waals surface area contributed by atoms with Gasteiger partial charge in [-0.05, 0) is 0 Å². The van der Waals surface area contributed by atoms with Gasteiger partial charge in [-0.1, -0.05) is 0 Å². The van der Waals surface area contributed by atoms with Gasteiger partial charge < -0.3 is 14.7 Å². The number of hydrogen-bond acceptors (Lipinski definition) is 6. The third-order valence-electron chi connectivity index (χ3n) is 0.953. The standard InChI is InChI=1S/C7H9NO6/c1-13-6(11)2-3-7(12)14-8-4-5(9)10/h2-3,8H,4H2,1H3,(H,9,10)/b3-2+. The van der Waals surface area contributed by atoms with Gasteiger partial charge in [-0.15, -0.1) is 5.48 Å². The number of carbonyl (C=O) groups is 3. The fourth-order valence-electron chi connectivity index (χ4n) is 0.407. The van der Waals surface area contributed by atoms with Crippen LogP contribution in [0.1, 0.15) is 0 Å². The fraction of sp³-hybridized carbons (Fsp3) is 0.286. The van der Waals surface area contributed by atoms with E-state index in [1.807, 2.05) is 5.48 Å². The molecule has 0 aliphatic heterocycles. The van der Waals surface area contributed by atoms with Crippen LogP contribution in [0.4, 0.5) is 0 Å². The molecular formula is C7H9NO6. The zero-order valence-electron chi connectivity index (χ0n) is 7.35. The number of hydroxylamine groups is 1. The molecule has 0 aliphatic carbocycles. The Morgan fingerprint density at radius 1 is 1.29 bits per heavy atom. The smallest absolute Gasteiger partial charge is 0.349 e. The van der Waals surface area contributed by atoms with E-state index in [4.69, 9.17) is 5.11 Å². The first-order valence-corrected chi connectivity index (χ1v) is 3.47. The molecule has 7 nitrogen and oxygen atoms in total. The average Bonchev–Trinajstić information content (AvgIpc) is 2.13. The van der Waals surface area contributed by atoms with Crippen LogP contribution < -0.4 is 5.48 Å². The third kappa shape index (κ3) is 6.80. The van der Waals surface area contributed by atoms with Gasteiger partial charge in [0.05, 0.1) is 7.11 Å². The molecule has 0 aliphatic rings. The molecule has 0 radical (unpaired) electrons. The lowest BCUT2D eigenvalue weighted by atomic mass is 10.5. The molecule has 0 amide bonds. The minimum absolute atomic E-state index is 0.516. The molecule has 14 heavy (non-hydrogen) atoms. The molecule has 0 saturated carbocycles. The molecule has 78 valence electrons. The normalized spacial score (nSPS) is 9.79. The van der Waals surface area contributed by atoms with Gasteiger partial charge in [0.1, 0.15) is 6.54 Å². The largest absolute Gasteiger partial charge is 0.480 e. The highest BCUT2D eigenvalue weighted by molar-refractivity contribution is 5.91. The number of esters is 1. The highest BCUT2D eigenvalue weighted by Crippen LogP contribution is 1.81. The first-order chi connectivity index (χ1) is 6.56. The monoisotopic (exact) mass is 203 g/mol. The maximum Gasteiger partial charge on any atom is 0.349 e. The predicted octanol–water partition coefficient (Wildman–Crippen LogP) is -1.15. The Morgan fingerprint density at radius 2 is 1.86 bits per heavy atom. The van der Waals surface area contributed by atoms with E-state index >= 15 is 0 Å². The van der Waals surface area contributed by atoms with Crippen LogP contribution in [-0.4, -0.2) is 36.7 Å². The van der Waals surface area contributed by atoms with E-state index in [-0.39, 0.29) is 0 Å². The van der Waals surface area contributed by atoms with Crippen molar-refractivity contribution in [2.45, 2.75) is 0 Å². The van der Waals surface area contributed by atoms with Gasteiger partial charge in [0, 0.05) is 12.2 Å². The summed E-state index contributed by atoms with van der Waals surface area (Å²) in [5.74, 6) is -2.77. The van der Waals surface area contributed by atoms with Crippen molar-refractivity contribution < 1.29 is 29.1 Å². The number of aliphatic carboxylic acids is 1. The molecular weight excluding hydrogens is 194 g/mol. The summed E-state index contributed by atoms with van der Waals surface area (Å²) in [5.41, 5.74) is 1.87. The van der Waals surface area contributed by atoms with Crippen molar-refractivity contribution in [3.8, 4) is 0 Å². The maximum atomic E-state index is 10.7. The summed E-state index contributed by atoms with van der Waals surface area (Å²) < 4.78 is 4.20. The number of nitrogens with one attached hydrogen (secondary N) is 1. The molecule has 0 aromatic carbocycles. The Balaban J connectivity index is 3.70. The van der Waals surface area contributed by atoms with Crippen LogP contribution in [-0.2, 0) is 24.0 Å². The first kappa shape index (κ1) is 12.1. The summed E-state index contributed by atoms with van der Waals surface area (Å²) in [6.45, 7) is -0.516. The van der Waals surface area contributed by atoms with E-state index in [0.29, 0.717) is 0 Å². The number of carbonyl (C=O) groups excluding carboxylic acids is 2. The SMILES string of the molecule is COC(=O)/C=C/C(=O)ONCC(=O)O. The maximum absolute atomic E-state index is 10.7. The summed E-state index contributed by atoms with van der Waals surface area (Å²) in [7, 11) is 1.15. The second-order valence-electron chi connectivity index (χ2n) is 1.99. The van der Waals surface area contributed by atoms with Gasteiger partial charge in [0.15, 0.2) is 0 Å². The van der Waals surface area contributed by atoms with Crippen molar-refractivity contribution in [1.82, 2.24) is 5.48 Å². The van der Waals surface area contributed by atoms with Crippen LogP contribution >= 0.6 is 0 Å². The molecule has 0 bridgehead atoms. The van der Waals surface area contributed by atoms with Gasteiger partial charge in [0.2, 0.25) is 0 Å². The van der Waals surface area contributed by atoms with Crippen molar-refractivity contribution in [2.75, 3.05) is 13.7 Å². The summed E-state index contributed by atoms with van der Waals surface area (Å²) in [5, 5.41) is 8.14. The van der Waals surface area contributed by atoms with Gasteiger partial charge >= 0.3 is 17.9 Å². The minimum atomic E-state index is -1.17. The second kappa shape index (κ2) is 6.61. The molecule has 0 spiro atoms. The van der Waals surface area contributed by atoms with Gasteiger partial charge in [0.25, 0.3) is 0 Å². The van der Waals surface area contributed by atoms with E-state index in [1.165, 1.54) is 0 Å². The molecule has 0 heterocycles. The molecule has 0 saturated heterocycles. The quantitative estimate of drug-likeness (QED) is 0.330. The van der Waals surface area contributed by atoms with Gasteiger partial charge in [-0.2, -0.15) is 0 Å². The van der Waals surface area contributed by atoms with Crippen molar-refractivity contribution in [3.05, 3.63) is 12.2 Å². The second-order valence-corrected chi connectivity index (χ2v) is 1.99. The molecule has 0 aromatic heterocycles. The van der Waals surface area contributed by atoms with Crippen molar-refractivity contribution in [2.24, 2.45) is 0 Å². The number of rotatable bonds is 5. The molecule has 0 rings (SSSR count). The number of hydrogen-bond donors (Lipinski definition) is 2. The van der Waals surface area contributed by atoms with Crippen LogP contribution in [0.5, 0.6) is 0 Å². The Hall–Kier alpha value is -1.89. The van der Waals surface area contributed by atoms with E-state index in [0.717, 1.165) is 19.3 Å². The Bertz CT molecular complexity index is 259. The van der Waals surface area contributed by atoms with E-state index in [1.54, 1.807) is 0 Å². The lowest BCUT2D eigenvalue weighted by Crippen LogP contribution is -2.25. The fourth-order valence-corrected chi connectivity index (χ4v) is 0.407. The highest BCUT2D eigenvalue weighted by atomic mass is 16.7. The van der Waals surface area contributed by atoms with Gasteiger partial charge in [-0.3, -0.25) is 4.79 Å². The number of methoxy groups -OCH3 is 1. The van der Waals surface area contributed by atoms with E-state index < -0.39 is 24.5 Å². The number of ether oxygens (including phenoxy) is 1. The lowest BCUT2D eigenvalue weighted by Gasteiger charge is -1.98. The molecule has 0 atom stereocenters. The number of carboxylic acids is 1. The molecule has 0 fully saturated rings. The average molecular weight is 203 g/mol. The van der Waals surface area contributed by atoms with Crippen molar-refractivity contribution in [3.63, 3.8) is 0 Å². The third-order valence-corrected chi connectivity index (χ3v) is 0.953. The van der Waals surface area contributed by atoms with Crippen LogP contribution in [0.25, 0.3) is 0 Å². The van der Waals surface area contributed by atoms with Crippen LogP contribution in [0.3, 0.4) is 0 Å². The first-order valence-electron chi connectivity index (χ1n) is 3.47. The molecule has 2 N–H and O–H groups in total. The number of carboxylic acid groups (broad SMARTS) is 1. The summed E-state index contributed by atoms with van der Waals surface area (Å²) in [6, 6.07) is 0. The van der Waals surface area contributed by atoms with Crippen molar-refractivity contribution >= 4 is 17.9 Å². The Kier molecular flexibility index (Phi) is 5.72. The predicted molar refractivity (Wildman–Crippen MR) is 42.9 cm³/mol. The molecule has 0 unspecified atom stereocenters. The molecule has 7 heteroatoms. The zero-order chi connectivity index (χ0) is 11.0.